The van der Waals surface area contributed by atoms with Crippen molar-refractivity contribution in [1.82, 2.24) is 5.43 Å². The summed E-state index contributed by atoms with van der Waals surface area (Å²) >= 11 is 0. The molecular formula is C12H13N3O3. The lowest BCUT2D eigenvalue weighted by molar-refractivity contribution is -0.122. The third kappa shape index (κ3) is 1.76. The average molecular weight is 247 g/mol. The molecule has 0 saturated carbocycles. The normalized spacial score (nSPS) is 13.8. The third-order valence-corrected chi connectivity index (χ3v) is 2.88. The Hall–Kier alpha value is -2.21. The van der Waals surface area contributed by atoms with E-state index in [1.165, 1.54) is 0 Å². The van der Waals surface area contributed by atoms with E-state index in [-0.39, 0.29) is 6.54 Å². The zero-order valence-electron chi connectivity index (χ0n) is 10.1. The number of ketones is 1. The topological polar surface area (TPSA) is 92.5 Å². The van der Waals surface area contributed by atoms with Crippen LogP contribution >= 0.6 is 0 Å². The summed E-state index contributed by atoms with van der Waals surface area (Å²) in [5.74, 6) is 3.19. The van der Waals surface area contributed by atoms with E-state index < -0.39 is 17.6 Å². The highest BCUT2D eigenvalue weighted by molar-refractivity contribution is 6.53. The summed E-state index contributed by atoms with van der Waals surface area (Å²) in [6.45, 7) is 3.38. The van der Waals surface area contributed by atoms with Crippen LogP contribution in [0.4, 0.5) is 5.69 Å². The summed E-state index contributed by atoms with van der Waals surface area (Å²) in [6.07, 6.45) is 0. The average Bonchev–Trinajstić information content (AvgIpc) is 2.54. The first-order valence-corrected chi connectivity index (χ1v) is 5.42. The van der Waals surface area contributed by atoms with Gasteiger partial charge >= 0.3 is 0 Å². The van der Waals surface area contributed by atoms with E-state index in [9.17, 15) is 14.4 Å². The highest BCUT2D eigenvalue weighted by atomic mass is 16.2. The maximum atomic E-state index is 11.9. The van der Waals surface area contributed by atoms with Crippen LogP contribution in [0.25, 0.3) is 0 Å². The molecule has 0 bridgehead atoms. The third-order valence-electron chi connectivity index (χ3n) is 2.88. The number of fused-ring (bicyclic) bond motifs is 1. The molecule has 1 aromatic carbocycles. The van der Waals surface area contributed by atoms with Crippen LogP contribution in [0.2, 0.25) is 0 Å². The van der Waals surface area contributed by atoms with Crippen molar-refractivity contribution in [3.63, 3.8) is 0 Å². The second-order valence-electron chi connectivity index (χ2n) is 4.26. The number of hydrogen-bond acceptors (Lipinski definition) is 4. The van der Waals surface area contributed by atoms with Gasteiger partial charge in [-0.3, -0.25) is 24.7 Å². The van der Waals surface area contributed by atoms with E-state index in [2.05, 4.69) is 0 Å². The highest BCUT2D eigenvalue weighted by Crippen LogP contribution is 2.32. The van der Waals surface area contributed by atoms with Gasteiger partial charge in [0.1, 0.15) is 6.54 Å². The SMILES string of the molecule is Cc1cc(C)c2c(c1)N(CC(=O)NN)C(=O)C2=O. The fourth-order valence-corrected chi connectivity index (χ4v) is 2.14. The predicted octanol–water partition coefficient (Wildman–Crippen LogP) is -0.177. The molecule has 6 nitrogen and oxygen atoms in total. The molecule has 18 heavy (non-hydrogen) atoms. The van der Waals surface area contributed by atoms with Crippen LogP contribution in [-0.2, 0) is 9.59 Å². The number of carbonyl (C=O) groups excluding carboxylic acids is 3. The number of carbonyl (C=O) groups is 3. The van der Waals surface area contributed by atoms with Gasteiger partial charge in [0.05, 0.1) is 11.3 Å². The van der Waals surface area contributed by atoms with Gasteiger partial charge in [0.2, 0.25) is 0 Å². The summed E-state index contributed by atoms with van der Waals surface area (Å²) in [5.41, 5.74) is 4.45. The molecule has 0 atom stereocenters. The van der Waals surface area contributed by atoms with E-state index in [1.807, 2.05) is 18.4 Å². The van der Waals surface area contributed by atoms with Gasteiger partial charge < -0.3 is 0 Å². The Morgan fingerprint density at radius 1 is 1.33 bits per heavy atom. The number of benzene rings is 1. The zero-order valence-corrected chi connectivity index (χ0v) is 10.1. The number of nitrogens with two attached hydrogens (primary N) is 1. The molecule has 0 saturated heterocycles. The van der Waals surface area contributed by atoms with Crippen molar-refractivity contribution in [3.05, 3.63) is 28.8 Å². The lowest BCUT2D eigenvalue weighted by atomic mass is 10.0. The first kappa shape index (κ1) is 12.3. The van der Waals surface area contributed by atoms with Crippen molar-refractivity contribution in [2.24, 2.45) is 5.84 Å². The van der Waals surface area contributed by atoms with Crippen molar-refractivity contribution in [2.75, 3.05) is 11.4 Å². The molecule has 1 heterocycles. The largest absolute Gasteiger partial charge is 0.299 e. The number of amides is 2. The Morgan fingerprint density at radius 3 is 2.61 bits per heavy atom. The van der Waals surface area contributed by atoms with Crippen molar-refractivity contribution in [1.29, 1.82) is 0 Å². The Kier molecular flexibility index (Phi) is 2.88. The van der Waals surface area contributed by atoms with Crippen LogP contribution in [-0.4, -0.2) is 24.1 Å². The zero-order chi connectivity index (χ0) is 13.4. The Bertz CT molecular complexity index is 566. The van der Waals surface area contributed by atoms with Gasteiger partial charge in [0, 0.05) is 0 Å². The minimum atomic E-state index is -0.692. The van der Waals surface area contributed by atoms with E-state index >= 15 is 0 Å². The van der Waals surface area contributed by atoms with Crippen molar-refractivity contribution >= 4 is 23.3 Å². The van der Waals surface area contributed by atoms with E-state index in [1.54, 1.807) is 13.0 Å². The number of rotatable bonds is 2. The number of Topliss-reactive ketones (excluding diaryl/α,β-unsaturated/α-hetero) is 1. The molecule has 0 aliphatic carbocycles. The van der Waals surface area contributed by atoms with Crippen molar-refractivity contribution in [3.8, 4) is 0 Å². The molecule has 0 fully saturated rings. The molecule has 0 unspecified atom stereocenters. The quantitative estimate of drug-likeness (QED) is 0.328. The summed E-state index contributed by atoms with van der Waals surface area (Å²) in [4.78, 5) is 36.1. The van der Waals surface area contributed by atoms with E-state index in [4.69, 9.17) is 5.84 Å². The Labute approximate surface area is 104 Å². The highest BCUT2D eigenvalue weighted by Gasteiger charge is 2.37. The number of anilines is 1. The van der Waals surface area contributed by atoms with Gasteiger partial charge in [-0.2, -0.15) is 0 Å². The molecule has 94 valence electrons. The fraction of sp³-hybridized carbons (Fsp3) is 0.250. The lowest BCUT2D eigenvalue weighted by Crippen LogP contribution is -2.42. The van der Waals surface area contributed by atoms with Crippen molar-refractivity contribution < 1.29 is 14.4 Å². The monoisotopic (exact) mass is 247 g/mol. The second kappa shape index (κ2) is 4.23. The first-order chi connectivity index (χ1) is 8.45. The van der Waals surface area contributed by atoms with E-state index in [0.29, 0.717) is 11.3 Å². The molecule has 2 amide bonds. The molecule has 0 radical (unpaired) electrons. The van der Waals surface area contributed by atoms with Crippen LogP contribution < -0.4 is 16.2 Å². The minimum absolute atomic E-state index is 0.253. The number of aryl methyl sites for hydroxylation is 2. The standard InChI is InChI=1S/C12H13N3O3/c1-6-3-7(2)10-8(4-6)15(5-9(16)14-13)12(18)11(10)17/h3-4H,5,13H2,1-2H3,(H,14,16). The second-order valence-corrected chi connectivity index (χ2v) is 4.26. The smallest absolute Gasteiger partial charge is 0.295 e. The van der Waals surface area contributed by atoms with Gasteiger partial charge in [0.25, 0.3) is 17.6 Å². The van der Waals surface area contributed by atoms with Gasteiger partial charge in [-0.1, -0.05) is 6.07 Å². The molecule has 6 heteroatoms. The van der Waals surface area contributed by atoms with Gasteiger partial charge in [-0.15, -0.1) is 0 Å². The number of nitrogens with zero attached hydrogens (tertiary/aromatic N) is 1. The van der Waals surface area contributed by atoms with Crippen LogP contribution in [0.15, 0.2) is 12.1 Å². The van der Waals surface area contributed by atoms with Crippen molar-refractivity contribution in [2.45, 2.75) is 13.8 Å². The van der Waals surface area contributed by atoms with Gasteiger partial charge in [-0.05, 0) is 31.0 Å². The molecular weight excluding hydrogens is 234 g/mol. The van der Waals surface area contributed by atoms with Gasteiger partial charge in [-0.25, -0.2) is 5.84 Å². The summed E-state index contributed by atoms with van der Waals surface area (Å²) in [6, 6.07) is 3.55. The molecule has 1 aliphatic rings. The molecule has 0 aromatic heterocycles. The molecule has 1 aliphatic heterocycles. The first-order valence-electron chi connectivity index (χ1n) is 5.42. The maximum Gasteiger partial charge on any atom is 0.299 e. The van der Waals surface area contributed by atoms with Gasteiger partial charge in [0.15, 0.2) is 0 Å². The van der Waals surface area contributed by atoms with Crippen LogP contribution in [0.5, 0.6) is 0 Å². The fourth-order valence-electron chi connectivity index (χ4n) is 2.14. The van der Waals surface area contributed by atoms with Crippen LogP contribution in [0, 0.1) is 13.8 Å². The molecule has 3 N–H and O–H groups in total. The summed E-state index contributed by atoms with van der Waals surface area (Å²) in [7, 11) is 0. The molecule has 0 spiro atoms. The Morgan fingerprint density at radius 2 is 2.00 bits per heavy atom. The number of hydrazine groups is 1. The van der Waals surface area contributed by atoms with Crippen LogP contribution in [0.1, 0.15) is 21.5 Å². The van der Waals surface area contributed by atoms with E-state index in [0.717, 1.165) is 16.0 Å². The predicted molar refractivity (Wildman–Crippen MR) is 64.9 cm³/mol. The Balaban J connectivity index is 2.51. The maximum absolute atomic E-state index is 11.9. The summed E-state index contributed by atoms with van der Waals surface area (Å²) < 4.78 is 0. The molecule has 2 rings (SSSR count). The summed E-state index contributed by atoms with van der Waals surface area (Å²) in [5, 5.41) is 0. The lowest BCUT2D eigenvalue weighted by Gasteiger charge is -2.15. The number of hydrogen-bond donors (Lipinski definition) is 2. The van der Waals surface area contributed by atoms with Crippen LogP contribution in [0.3, 0.4) is 0 Å². The minimum Gasteiger partial charge on any atom is -0.295 e. The molecule has 1 aromatic rings. The number of nitrogens with one attached hydrogen (secondary N) is 1.